The fraction of sp³-hybridized carbons (Fsp3) is 0.911. The van der Waals surface area contributed by atoms with E-state index in [2.05, 4.69) is 31.3 Å². The highest BCUT2D eigenvalue weighted by molar-refractivity contribution is 7.47. The van der Waals surface area contributed by atoms with Gasteiger partial charge in [-0.3, -0.25) is 13.8 Å². The molecule has 1 amide bonds. The number of likely N-dealkylation sites (N-methyl/N-ethyl adjacent to an activating group) is 1. The molecule has 3 unspecified atom stereocenters. The van der Waals surface area contributed by atoms with Gasteiger partial charge in [0.2, 0.25) is 5.91 Å². The summed E-state index contributed by atoms with van der Waals surface area (Å²) in [5.74, 6) is -0.184. The van der Waals surface area contributed by atoms with Crippen molar-refractivity contribution in [1.29, 1.82) is 0 Å². The van der Waals surface area contributed by atoms with Crippen LogP contribution in [0.5, 0.6) is 0 Å². The SMILES string of the molecule is CCCCCC/C=C/CC/C=C/C(O)C(COP(=O)(O)OCC[N+](C)(C)C)NC(=O)CCCCCCCCCCCCCCCCCCCCCCCCCCCCCCCCCCC. The number of allylic oxidation sites excluding steroid dienone is 3. The Labute approximate surface area is 404 Å². The van der Waals surface area contributed by atoms with Gasteiger partial charge in [0.15, 0.2) is 0 Å². The van der Waals surface area contributed by atoms with Crippen molar-refractivity contribution >= 4 is 13.7 Å². The van der Waals surface area contributed by atoms with Crippen molar-refractivity contribution in [3.05, 3.63) is 24.3 Å². The molecule has 0 saturated heterocycles. The highest BCUT2D eigenvalue weighted by Crippen LogP contribution is 2.43. The van der Waals surface area contributed by atoms with Gasteiger partial charge in [-0.2, -0.15) is 0 Å². The summed E-state index contributed by atoms with van der Waals surface area (Å²) in [4.78, 5) is 23.2. The van der Waals surface area contributed by atoms with Gasteiger partial charge in [0.25, 0.3) is 0 Å². The first kappa shape index (κ1) is 64.0. The number of aliphatic hydroxyl groups is 1. The van der Waals surface area contributed by atoms with Crippen LogP contribution in [-0.4, -0.2) is 73.4 Å². The van der Waals surface area contributed by atoms with E-state index in [-0.39, 0.29) is 19.1 Å². The van der Waals surface area contributed by atoms with Crippen molar-refractivity contribution in [2.24, 2.45) is 0 Å². The molecule has 0 heterocycles. The minimum atomic E-state index is -4.34. The monoisotopic (exact) mass is 940 g/mol. The van der Waals surface area contributed by atoms with Crippen LogP contribution in [-0.2, 0) is 18.4 Å². The summed E-state index contributed by atoms with van der Waals surface area (Å²) in [6.07, 6.45) is 60.3. The molecule has 0 aliphatic carbocycles. The van der Waals surface area contributed by atoms with Gasteiger partial charge in [-0.1, -0.05) is 263 Å². The number of carbonyl (C=O) groups is 1. The van der Waals surface area contributed by atoms with Crippen LogP contribution in [0.1, 0.15) is 277 Å². The number of carbonyl (C=O) groups excluding carboxylic acids is 1. The summed E-state index contributed by atoms with van der Waals surface area (Å²) in [5.41, 5.74) is 0. The van der Waals surface area contributed by atoms with Crippen molar-refractivity contribution in [3.8, 4) is 0 Å². The zero-order valence-electron chi connectivity index (χ0n) is 44.0. The molecule has 8 nitrogen and oxygen atoms in total. The van der Waals surface area contributed by atoms with Crippen molar-refractivity contribution < 1.29 is 32.9 Å². The third-order valence-electron chi connectivity index (χ3n) is 12.9. The van der Waals surface area contributed by atoms with Gasteiger partial charge in [-0.05, 0) is 32.1 Å². The Kier molecular flexibility index (Phi) is 47.3. The maximum atomic E-state index is 12.9. The number of unbranched alkanes of at least 4 members (excludes halogenated alkanes) is 37. The predicted octanol–water partition coefficient (Wildman–Crippen LogP) is 16.8. The van der Waals surface area contributed by atoms with Crippen molar-refractivity contribution in [1.82, 2.24) is 5.32 Å². The van der Waals surface area contributed by atoms with Crippen molar-refractivity contribution in [2.75, 3.05) is 40.9 Å². The number of hydrogen-bond donors (Lipinski definition) is 3. The van der Waals surface area contributed by atoms with E-state index >= 15 is 0 Å². The summed E-state index contributed by atoms with van der Waals surface area (Å²) in [6, 6.07) is -0.858. The van der Waals surface area contributed by atoms with Gasteiger partial charge in [0.1, 0.15) is 13.2 Å². The normalized spacial score (nSPS) is 14.1. The molecule has 0 aromatic rings. The zero-order valence-corrected chi connectivity index (χ0v) is 44.9. The standard InChI is InChI=1S/C56H111N2O6P/c1-6-8-10-12-14-16-18-19-20-21-22-23-24-25-26-27-28-29-30-31-32-33-34-35-36-37-38-39-40-42-44-46-48-50-56(60)57-54(53-64-65(61,62)63-52-51-58(3,4)5)55(59)49-47-45-43-41-17-15-13-11-9-7-2/h17,41,47,49,54-55,59H,6-16,18-40,42-46,48,50-53H2,1-5H3,(H-,57,60,61,62)/p+1/b41-17+,49-47+. The van der Waals surface area contributed by atoms with Gasteiger partial charge < -0.3 is 19.8 Å². The lowest BCUT2D eigenvalue weighted by Crippen LogP contribution is -2.45. The van der Waals surface area contributed by atoms with Crippen LogP contribution >= 0.6 is 7.82 Å². The Morgan fingerprint density at radius 2 is 0.846 bits per heavy atom. The largest absolute Gasteiger partial charge is 0.472 e. The molecular weight excluding hydrogens is 828 g/mol. The van der Waals surface area contributed by atoms with E-state index < -0.39 is 20.0 Å². The van der Waals surface area contributed by atoms with Crippen LogP contribution in [0.3, 0.4) is 0 Å². The molecule has 3 N–H and O–H groups in total. The first-order valence-corrected chi connectivity index (χ1v) is 29.7. The van der Waals surface area contributed by atoms with E-state index in [1.165, 1.54) is 218 Å². The summed E-state index contributed by atoms with van der Waals surface area (Å²) in [6.45, 7) is 4.78. The van der Waals surface area contributed by atoms with E-state index in [4.69, 9.17) is 9.05 Å². The van der Waals surface area contributed by atoms with E-state index in [1.54, 1.807) is 6.08 Å². The highest BCUT2D eigenvalue weighted by Gasteiger charge is 2.27. The summed E-state index contributed by atoms with van der Waals surface area (Å²) < 4.78 is 23.6. The fourth-order valence-corrected chi connectivity index (χ4v) is 9.21. The number of quaternary nitrogens is 1. The number of aliphatic hydroxyl groups excluding tert-OH is 1. The maximum absolute atomic E-state index is 12.9. The third kappa shape index (κ3) is 50.7. The number of nitrogens with zero attached hydrogens (tertiary/aromatic N) is 1. The van der Waals surface area contributed by atoms with Crippen LogP contribution < -0.4 is 5.32 Å². The lowest BCUT2D eigenvalue weighted by Gasteiger charge is -2.25. The van der Waals surface area contributed by atoms with E-state index in [0.29, 0.717) is 17.4 Å². The lowest BCUT2D eigenvalue weighted by atomic mass is 10.0. The smallest absolute Gasteiger partial charge is 0.387 e. The third-order valence-corrected chi connectivity index (χ3v) is 13.9. The van der Waals surface area contributed by atoms with Gasteiger partial charge in [0, 0.05) is 6.42 Å². The van der Waals surface area contributed by atoms with Gasteiger partial charge in [-0.25, -0.2) is 4.57 Å². The predicted molar refractivity (Wildman–Crippen MR) is 281 cm³/mol. The molecular formula is C56H112N2O6P+. The minimum Gasteiger partial charge on any atom is -0.387 e. The number of phosphoric ester groups is 1. The Hall–Kier alpha value is -1.02. The van der Waals surface area contributed by atoms with Crippen LogP contribution in [0, 0.1) is 0 Å². The summed E-state index contributed by atoms with van der Waals surface area (Å²) >= 11 is 0. The van der Waals surface area contributed by atoms with Crippen LogP contribution in [0.4, 0.5) is 0 Å². The Bertz CT molecular complexity index is 1110. The Balaban J connectivity index is 3.90. The van der Waals surface area contributed by atoms with Crippen LogP contribution in [0.2, 0.25) is 0 Å². The molecule has 0 fully saturated rings. The van der Waals surface area contributed by atoms with Gasteiger partial charge >= 0.3 is 7.82 Å². The molecule has 0 rings (SSSR count). The quantitative estimate of drug-likeness (QED) is 0.0243. The molecule has 0 aromatic carbocycles. The van der Waals surface area contributed by atoms with Gasteiger partial charge in [0.05, 0.1) is 39.9 Å². The number of amides is 1. The summed E-state index contributed by atoms with van der Waals surface area (Å²) in [7, 11) is 1.56. The zero-order chi connectivity index (χ0) is 47.8. The highest BCUT2D eigenvalue weighted by atomic mass is 31.2. The molecule has 0 aliphatic heterocycles. The van der Waals surface area contributed by atoms with E-state index in [1.807, 2.05) is 27.2 Å². The Morgan fingerprint density at radius 1 is 0.508 bits per heavy atom. The lowest BCUT2D eigenvalue weighted by molar-refractivity contribution is -0.870. The van der Waals surface area contributed by atoms with E-state index in [9.17, 15) is 19.4 Å². The first-order valence-electron chi connectivity index (χ1n) is 28.2. The molecule has 3 atom stereocenters. The van der Waals surface area contributed by atoms with Gasteiger partial charge in [-0.15, -0.1) is 0 Å². The molecule has 0 bridgehead atoms. The topological polar surface area (TPSA) is 105 Å². The molecule has 386 valence electrons. The molecule has 0 aliphatic rings. The first-order chi connectivity index (χ1) is 31.5. The molecule has 65 heavy (non-hydrogen) atoms. The average molecular weight is 940 g/mol. The maximum Gasteiger partial charge on any atom is 0.472 e. The minimum absolute atomic E-state index is 0.0581. The molecule has 9 heteroatoms. The van der Waals surface area contributed by atoms with Crippen LogP contribution in [0.15, 0.2) is 24.3 Å². The number of nitrogens with one attached hydrogen (secondary N) is 1. The number of rotatable bonds is 52. The second-order valence-corrected chi connectivity index (χ2v) is 22.1. The molecule has 0 saturated carbocycles. The average Bonchev–Trinajstić information content (AvgIpc) is 3.26. The molecule has 0 aromatic heterocycles. The van der Waals surface area contributed by atoms with Crippen LogP contribution in [0.25, 0.3) is 0 Å². The second-order valence-electron chi connectivity index (χ2n) is 20.7. The fourth-order valence-electron chi connectivity index (χ4n) is 8.47. The molecule has 0 radical (unpaired) electrons. The number of phosphoric acid groups is 1. The Morgan fingerprint density at radius 3 is 1.23 bits per heavy atom. The molecule has 0 spiro atoms. The number of hydrogen-bond acceptors (Lipinski definition) is 5. The van der Waals surface area contributed by atoms with E-state index in [0.717, 1.165) is 38.5 Å². The van der Waals surface area contributed by atoms with Crippen molar-refractivity contribution in [2.45, 2.75) is 289 Å². The van der Waals surface area contributed by atoms with Crippen molar-refractivity contribution in [3.63, 3.8) is 0 Å². The summed E-state index contributed by atoms with van der Waals surface area (Å²) in [5, 5.41) is 13.8. The second kappa shape index (κ2) is 48.0.